The highest BCUT2D eigenvalue weighted by atomic mass is 16.5. The van der Waals surface area contributed by atoms with Crippen LogP contribution in [0.4, 0.5) is 0 Å². The summed E-state index contributed by atoms with van der Waals surface area (Å²) in [4.78, 5) is 15.6. The van der Waals surface area contributed by atoms with Crippen LogP contribution in [0.2, 0.25) is 0 Å². The lowest BCUT2D eigenvalue weighted by Crippen LogP contribution is -2.47. The molecule has 0 aliphatic carbocycles. The molecule has 0 atom stereocenters. The first kappa shape index (κ1) is 12.5. The molecule has 4 heteroatoms. The summed E-state index contributed by atoms with van der Waals surface area (Å²) in [5.74, 6) is 1.24. The zero-order valence-electron chi connectivity index (χ0n) is 11.4. The molecule has 0 N–H and O–H groups in total. The van der Waals surface area contributed by atoms with Gasteiger partial charge in [-0.05, 0) is 17.2 Å². The smallest absolute Gasteiger partial charge is 0.219 e. The molecule has 0 unspecified atom stereocenters. The molecular weight excluding hydrogens is 240 g/mol. The molecule has 1 amide bonds. The van der Waals surface area contributed by atoms with E-state index in [-0.39, 0.29) is 5.91 Å². The molecule has 3 rings (SSSR count). The van der Waals surface area contributed by atoms with Crippen molar-refractivity contribution in [3.05, 3.63) is 29.3 Å². The summed E-state index contributed by atoms with van der Waals surface area (Å²) < 4.78 is 5.53. The molecule has 1 aromatic rings. The summed E-state index contributed by atoms with van der Waals surface area (Å²) in [6.45, 7) is 7.07. The molecule has 2 aliphatic heterocycles. The normalized spacial score (nSPS) is 19.1. The average molecular weight is 260 g/mol. The quantitative estimate of drug-likeness (QED) is 0.803. The number of fused-ring (bicyclic) bond motifs is 1. The highest BCUT2D eigenvalue weighted by molar-refractivity contribution is 5.73. The van der Waals surface area contributed by atoms with Gasteiger partial charge in [0.05, 0.1) is 6.61 Å². The summed E-state index contributed by atoms with van der Waals surface area (Å²) in [5, 5.41) is 0. The van der Waals surface area contributed by atoms with Crippen molar-refractivity contribution in [2.45, 2.75) is 19.9 Å². The lowest BCUT2D eigenvalue weighted by atomic mass is 10.1. The Morgan fingerprint density at radius 3 is 2.79 bits per heavy atom. The van der Waals surface area contributed by atoms with Crippen LogP contribution in [0, 0.1) is 0 Å². The molecule has 0 aromatic heterocycles. The number of rotatable bonds is 2. The standard InChI is InChI=1S/C15H20N2O2/c1-12(18)17-7-5-16(6-8-17)11-13-2-3-15-14(10-13)4-9-19-15/h2-3,10H,4-9,11H2,1H3. The molecular formula is C15H20N2O2. The number of ether oxygens (including phenoxy) is 1. The van der Waals surface area contributed by atoms with Crippen molar-refractivity contribution >= 4 is 5.91 Å². The molecule has 1 aromatic carbocycles. The van der Waals surface area contributed by atoms with E-state index in [0.717, 1.165) is 51.5 Å². The van der Waals surface area contributed by atoms with Gasteiger partial charge in [0.2, 0.25) is 5.91 Å². The van der Waals surface area contributed by atoms with Gasteiger partial charge in [0.25, 0.3) is 0 Å². The van der Waals surface area contributed by atoms with Gasteiger partial charge >= 0.3 is 0 Å². The maximum atomic E-state index is 11.3. The van der Waals surface area contributed by atoms with Gasteiger partial charge in [0.15, 0.2) is 0 Å². The van der Waals surface area contributed by atoms with E-state index in [4.69, 9.17) is 4.74 Å². The number of benzene rings is 1. The third-order valence-electron chi connectivity index (χ3n) is 3.98. The van der Waals surface area contributed by atoms with Crippen molar-refractivity contribution in [2.75, 3.05) is 32.8 Å². The van der Waals surface area contributed by atoms with Gasteiger partial charge in [0.1, 0.15) is 5.75 Å². The topological polar surface area (TPSA) is 32.8 Å². The van der Waals surface area contributed by atoms with Crippen molar-refractivity contribution in [2.24, 2.45) is 0 Å². The van der Waals surface area contributed by atoms with Crippen LogP contribution in [0.5, 0.6) is 5.75 Å². The van der Waals surface area contributed by atoms with E-state index < -0.39 is 0 Å². The van der Waals surface area contributed by atoms with E-state index in [1.165, 1.54) is 11.1 Å². The molecule has 0 radical (unpaired) electrons. The summed E-state index contributed by atoms with van der Waals surface area (Å²) in [6.07, 6.45) is 1.03. The fourth-order valence-corrected chi connectivity index (χ4v) is 2.82. The minimum atomic E-state index is 0.189. The fourth-order valence-electron chi connectivity index (χ4n) is 2.82. The van der Waals surface area contributed by atoms with E-state index in [0.29, 0.717) is 0 Å². The van der Waals surface area contributed by atoms with Crippen LogP contribution in [0.25, 0.3) is 0 Å². The van der Waals surface area contributed by atoms with Crippen LogP contribution in [-0.4, -0.2) is 48.5 Å². The van der Waals surface area contributed by atoms with Crippen molar-refractivity contribution in [3.63, 3.8) is 0 Å². The Hall–Kier alpha value is -1.55. The van der Waals surface area contributed by atoms with Crippen LogP contribution >= 0.6 is 0 Å². The molecule has 102 valence electrons. The van der Waals surface area contributed by atoms with Gasteiger partial charge in [-0.25, -0.2) is 0 Å². The number of amides is 1. The lowest BCUT2D eigenvalue weighted by molar-refractivity contribution is -0.130. The highest BCUT2D eigenvalue weighted by Crippen LogP contribution is 2.26. The van der Waals surface area contributed by atoms with Crippen LogP contribution in [0.3, 0.4) is 0 Å². The molecule has 0 saturated carbocycles. The van der Waals surface area contributed by atoms with E-state index in [1.54, 1.807) is 6.92 Å². The number of hydrogen-bond acceptors (Lipinski definition) is 3. The zero-order valence-corrected chi connectivity index (χ0v) is 11.4. The van der Waals surface area contributed by atoms with Crippen LogP contribution in [0.15, 0.2) is 18.2 Å². The largest absolute Gasteiger partial charge is 0.493 e. The molecule has 2 heterocycles. The monoisotopic (exact) mass is 260 g/mol. The molecule has 19 heavy (non-hydrogen) atoms. The average Bonchev–Trinajstić information content (AvgIpc) is 2.87. The first-order valence-corrected chi connectivity index (χ1v) is 6.95. The fraction of sp³-hybridized carbons (Fsp3) is 0.533. The van der Waals surface area contributed by atoms with Gasteiger partial charge in [-0.3, -0.25) is 9.69 Å². The van der Waals surface area contributed by atoms with Gasteiger partial charge in [-0.15, -0.1) is 0 Å². The minimum absolute atomic E-state index is 0.189. The predicted molar refractivity (Wildman–Crippen MR) is 73.2 cm³/mol. The Labute approximate surface area is 113 Å². The van der Waals surface area contributed by atoms with Gasteiger partial charge in [-0.1, -0.05) is 12.1 Å². The van der Waals surface area contributed by atoms with E-state index in [2.05, 4.69) is 23.1 Å². The second-order valence-electron chi connectivity index (χ2n) is 5.32. The third kappa shape index (κ3) is 2.73. The van der Waals surface area contributed by atoms with Gasteiger partial charge in [-0.2, -0.15) is 0 Å². The Morgan fingerprint density at radius 1 is 1.26 bits per heavy atom. The molecule has 0 bridgehead atoms. The van der Waals surface area contributed by atoms with Gasteiger partial charge < -0.3 is 9.64 Å². The van der Waals surface area contributed by atoms with E-state index in [9.17, 15) is 4.79 Å². The van der Waals surface area contributed by atoms with Crippen molar-refractivity contribution in [1.29, 1.82) is 0 Å². The number of carbonyl (C=O) groups excluding carboxylic acids is 1. The second kappa shape index (κ2) is 5.21. The minimum Gasteiger partial charge on any atom is -0.493 e. The first-order valence-electron chi connectivity index (χ1n) is 6.95. The Kier molecular flexibility index (Phi) is 3.42. The Bertz CT molecular complexity index is 479. The number of nitrogens with zero attached hydrogens (tertiary/aromatic N) is 2. The molecule has 2 aliphatic rings. The number of piperazine rings is 1. The maximum absolute atomic E-state index is 11.3. The maximum Gasteiger partial charge on any atom is 0.219 e. The van der Waals surface area contributed by atoms with E-state index >= 15 is 0 Å². The SMILES string of the molecule is CC(=O)N1CCN(Cc2ccc3c(c2)CCO3)CC1. The zero-order chi connectivity index (χ0) is 13.2. The molecule has 0 spiro atoms. The van der Waals surface area contributed by atoms with Crippen LogP contribution < -0.4 is 4.74 Å². The van der Waals surface area contributed by atoms with Crippen molar-refractivity contribution in [1.82, 2.24) is 9.80 Å². The Morgan fingerprint density at radius 2 is 2.05 bits per heavy atom. The Balaban J connectivity index is 1.59. The van der Waals surface area contributed by atoms with Crippen LogP contribution in [0.1, 0.15) is 18.1 Å². The van der Waals surface area contributed by atoms with Gasteiger partial charge in [0, 0.05) is 46.1 Å². The van der Waals surface area contributed by atoms with Crippen molar-refractivity contribution < 1.29 is 9.53 Å². The van der Waals surface area contributed by atoms with E-state index in [1.807, 2.05) is 4.90 Å². The summed E-state index contributed by atoms with van der Waals surface area (Å²) in [5.41, 5.74) is 2.68. The number of carbonyl (C=O) groups is 1. The molecule has 1 fully saturated rings. The summed E-state index contributed by atoms with van der Waals surface area (Å²) >= 11 is 0. The summed E-state index contributed by atoms with van der Waals surface area (Å²) in [7, 11) is 0. The van der Waals surface area contributed by atoms with Crippen molar-refractivity contribution in [3.8, 4) is 5.75 Å². The summed E-state index contributed by atoms with van der Waals surface area (Å²) in [6, 6.07) is 6.50. The predicted octanol–water partition coefficient (Wildman–Crippen LogP) is 1.29. The first-order chi connectivity index (χ1) is 9.22. The second-order valence-corrected chi connectivity index (χ2v) is 5.32. The molecule has 1 saturated heterocycles. The highest BCUT2D eigenvalue weighted by Gasteiger charge is 2.19. The molecule has 4 nitrogen and oxygen atoms in total. The lowest BCUT2D eigenvalue weighted by Gasteiger charge is -2.34. The number of hydrogen-bond donors (Lipinski definition) is 0. The third-order valence-corrected chi connectivity index (χ3v) is 3.98. The van der Waals surface area contributed by atoms with Crippen LogP contribution in [-0.2, 0) is 17.8 Å².